The van der Waals surface area contributed by atoms with E-state index in [2.05, 4.69) is 65.7 Å². The van der Waals surface area contributed by atoms with Crippen LogP contribution in [0.15, 0.2) is 77.8 Å². The van der Waals surface area contributed by atoms with Crippen molar-refractivity contribution in [2.24, 2.45) is 0 Å². The number of allylic oxidation sites excluding steroid dienone is 9. The second-order valence-corrected chi connectivity index (χ2v) is 20.7. The van der Waals surface area contributed by atoms with Crippen LogP contribution in [0.4, 0.5) is 5.82 Å². The number of carbonyl (C=O) groups is 2. The van der Waals surface area contributed by atoms with Gasteiger partial charge in [-0.25, -0.2) is 13.9 Å². The van der Waals surface area contributed by atoms with Gasteiger partial charge in [-0.15, -0.1) is 0 Å². The highest BCUT2D eigenvalue weighted by Gasteiger charge is 2.46. The Morgan fingerprint density at radius 2 is 1.26 bits per heavy atom. The van der Waals surface area contributed by atoms with E-state index in [1.54, 1.807) is 6.08 Å². The van der Waals surface area contributed by atoms with E-state index in [-0.39, 0.29) is 37.9 Å². The number of hydrogen-bond donors (Lipinski definition) is 7. The first kappa shape index (κ1) is 64.5. The zero-order valence-electron chi connectivity index (χ0n) is 42.2. The topological polar surface area (TPSA) is 306 Å². The molecule has 0 aromatic carbocycles. The fraction of sp³-hybridized carbons (Fsp3) is 0.680. The number of aliphatic hydroxyl groups excluding tert-OH is 4. The van der Waals surface area contributed by atoms with Crippen LogP contribution in [-0.4, -0.2) is 108 Å². The van der Waals surface area contributed by atoms with Crippen molar-refractivity contribution in [3.05, 3.63) is 83.5 Å². The molecule has 1 fully saturated rings. The van der Waals surface area contributed by atoms with Crippen molar-refractivity contribution in [2.75, 3.05) is 25.6 Å². The number of nitrogens with two attached hydrogens (primary N) is 1. The summed E-state index contributed by atoms with van der Waals surface area (Å²) in [7, 11) is -11.0. The van der Waals surface area contributed by atoms with Crippen LogP contribution in [0, 0.1) is 0 Å². The van der Waals surface area contributed by atoms with Crippen LogP contribution in [0.5, 0.6) is 0 Å². The van der Waals surface area contributed by atoms with Gasteiger partial charge in [-0.3, -0.25) is 23.2 Å². The lowest BCUT2D eigenvalue weighted by molar-refractivity contribution is -0.161. The molecule has 0 spiro atoms. The molecule has 1 aliphatic heterocycles. The largest absolute Gasteiger partial charge is 0.481 e. The first-order valence-corrected chi connectivity index (χ1v) is 28.5. The van der Waals surface area contributed by atoms with E-state index in [4.69, 9.17) is 29.0 Å². The molecular formula is C50H83N3O17P2. The average Bonchev–Trinajstić information content (AvgIpc) is 3.61. The minimum Gasteiger partial charge on any atom is -0.462 e. The minimum absolute atomic E-state index is 0.0288. The Balaban J connectivity index is 1.88. The highest BCUT2D eigenvalue weighted by Crippen LogP contribution is 2.60. The lowest BCUT2D eigenvalue weighted by atomic mass is 10.0. The summed E-state index contributed by atoms with van der Waals surface area (Å²) in [5, 5.41) is 41.8. The molecule has 0 saturated carbocycles. The van der Waals surface area contributed by atoms with E-state index in [9.17, 15) is 53.7 Å². The Bertz CT molecular complexity index is 1980. The molecule has 22 heteroatoms. The third-order valence-electron chi connectivity index (χ3n) is 11.3. The first-order valence-electron chi connectivity index (χ1n) is 25.5. The number of esters is 2. The molecule has 1 aromatic heterocycles. The first-order chi connectivity index (χ1) is 34.5. The monoisotopic (exact) mass is 1060 g/mol. The number of hydrogen-bond acceptors (Lipinski definition) is 17. The van der Waals surface area contributed by atoms with Gasteiger partial charge in [0.25, 0.3) is 0 Å². The Morgan fingerprint density at radius 1 is 0.722 bits per heavy atom. The van der Waals surface area contributed by atoms with Crippen molar-refractivity contribution in [3.8, 4) is 0 Å². The number of phosphoric acid groups is 2. The van der Waals surface area contributed by atoms with Gasteiger partial charge >= 0.3 is 33.3 Å². The summed E-state index contributed by atoms with van der Waals surface area (Å²) in [5.41, 5.74) is 4.56. The molecule has 1 aromatic rings. The van der Waals surface area contributed by atoms with Crippen molar-refractivity contribution in [3.63, 3.8) is 0 Å². The van der Waals surface area contributed by atoms with Crippen LogP contribution < -0.4 is 11.4 Å². The van der Waals surface area contributed by atoms with Crippen molar-refractivity contribution in [1.29, 1.82) is 0 Å². The summed E-state index contributed by atoms with van der Waals surface area (Å²) in [5.74, 6) is -1.62. The second-order valence-electron chi connectivity index (χ2n) is 17.6. The molecule has 2 heterocycles. The smallest absolute Gasteiger partial charge is 0.462 e. The zero-order valence-corrected chi connectivity index (χ0v) is 44.0. The summed E-state index contributed by atoms with van der Waals surface area (Å²) in [6, 6.07) is 1.23. The van der Waals surface area contributed by atoms with Gasteiger partial charge in [-0.1, -0.05) is 120 Å². The third kappa shape index (κ3) is 29.9. The van der Waals surface area contributed by atoms with Gasteiger partial charge in [0.1, 0.15) is 30.7 Å². The highest BCUT2D eigenvalue weighted by molar-refractivity contribution is 7.61. The number of phosphoric ester groups is 2. The van der Waals surface area contributed by atoms with Gasteiger partial charge in [-0.2, -0.15) is 9.29 Å². The van der Waals surface area contributed by atoms with Crippen LogP contribution in [-0.2, 0) is 46.3 Å². The number of unbranched alkanes of at least 4 members (excludes halogenated alkanes) is 11. The second kappa shape index (κ2) is 38.0. The summed E-state index contributed by atoms with van der Waals surface area (Å²) >= 11 is 0. The van der Waals surface area contributed by atoms with Gasteiger partial charge in [0.15, 0.2) is 12.3 Å². The van der Waals surface area contributed by atoms with Crippen LogP contribution in [0.3, 0.4) is 0 Å². The maximum atomic E-state index is 12.9. The molecule has 410 valence electrons. The molecule has 72 heavy (non-hydrogen) atoms. The highest BCUT2D eigenvalue weighted by atomic mass is 31.3. The van der Waals surface area contributed by atoms with E-state index in [1.165, 1.54) is 44.6 Å². The predicted octanol–water partition coefficient (Wildman–Crippen LogP) is 8.28. The van der Waals surface area contributed by atoms with Crippen LogP contribution in [0.25, 0.3) is 0 Å². The molecule has 0 amide bonds. The maximum Gasteiger partial charge on any atom is 0.481 e. The normalized spacial score (nSPS) is 20.4. The van der Waals surface area contributed by atoms with Crippen molar-refractivity contribution < 1.29 is 76.5 Å². The lowest BCUT2D eigenvalue weighted by Crippen LogP contribution is -2.36. The van der Waals surface area contributed by atoms with E-state index in [0.29, 0.717) is 12.8 Å². The van der Waals surface area contributed by atoms with Gasteiger partial charge < -0.3 is 50.2 Å². The van der Waals surface area contributed by atoms with Crippen LogP contribution in [0.2, 0.25) is 0 Å². The van der Waals surface area contributed by atoms with Gasteiger partial charge in [-0.05, 0) is 89.5 Å². The zero-order chi connectivity index (χ0) is 53.0. The average molecular weight is 1060 g/mol. The summed E-state index contributed by atoms with van der Waals surface area (Å²) in [6.07, 6.45) is 28.9. The number of anilines is 1. The van der Waals surface area contributed by atoms with E-state index < -0.39 is 95.9 Å². The molecule has 9 atom stereocenters. The molecule has 8 N–H and O–H groups in total. The standard InChI is InChI=1S/C50H83N3O17P2/c1-3-5-7-9-11-13-15-17-18-19-21-23-25-27-29-33-46(57)68-40(37-65-45(56)34-30-32-42(55)41(54)31-28-26-24-22-20-16-14-12-10-8-6-4-2)38-66-71(61,62)70-72(63,64)67-39-43-47(58)48(59)49(69-43)53-36-35-44(51)52-50(53)60/h11-14,17-18,20,22,26,28,35-36,40-43,47-49,54-55,58-59H,3-10,15-16,19,21,23-25,27,29-34,37-39H2,1-2H3,(H,61,62)(H,63,64)(H2,51,52,60)/b13-11-,14-12-,18-17-,22-20-,28-26-/t40-,41?,42?,43-,47-,48-,49-/m1/s1. The Labute approximate surface area is 425 Å². The van der Waals surface area contributed by atoms with E-state index in [1.807, 2.05) is 12.2 Å². The van der Waals surface area contributed by atoms with Crippen molar-refractivity contribution in [2.45, 2.75) is 198 Å². The molecular weight excluding hydrogens is 977 g/mol. The van der Waals surface area contributed by atoms with Crippen LogP contribution in [0.1, 0.15) is 161 Å². The molecule has 0 aliphatic carbocycles. The van der Waals surface area contributed by atoms with Gasteiger partial charge in [0.2, 0.25) is 0 Å². The molecule has 1 aliphatic rings. The number of nitrogen functional groups attached to an aromatic ring is 1. The van der Waals surface area contributed by atoms with Gasteiger partial charge in [0, 0.05) is 19.0 Å². The Hall–Kier alpha value is -3.62. The Morgan fingerprint density at radius 3 is 1.88 bits per heavy atom. The number of ether oxygens (including phenoxy) is 3. The lowest BCUT2D eigenvalue weighted by Gasteiger charge is -2.21. The number of aromatic nitrogens is 2. The summed E-state index contributed by atoms with van der Waals surface area (Å²) in [6.45, 7) is 1.79. The summed E-state index contributed by atoms with van der Waals surface area (Å²) in [4.78, 5) is 61.9. The number of aliphatic hydroxyl groups is 4. The molecule has 4 unspecified atom stereocenters. The predicted molar refractivity (Wildman–Crippen MR) is 273 cm³/mol. The molecule has 1 saturated heterocycles. The number of carbonyl (C=O) groups excluding carboxylic acids is 2. The summed E-state index contributed by atoms with van der Waals surface area (Å²) < 4.78 is 56.5. The quantitative estimate of drug-likeness (QED) is 0.0140. The fourth-order valence-corrected chi connectivity index (χ4v) is 9.26. The number of nitrogens with zero attached hydrogens (tertiary/aromatic N) is 2. The van der Waals surface area contributed by atoms with E-state index >= 15 is 0 Å². The third-order valence-corrected chi connectivity index (χ3v) is 13.9. The van der Waals surface area contributed by atoms with Crippen LogP contribution >= 0.6 is 15.6 Å². The Kier molecular flexibility index (Phi) is 34.0. The fourth-order valence-electron chi connectivity index (χ4n) is 7.15. The molecule has 2 rings (SSSR count). The number of rotatable bonds is 41. The maximum absolute atomic E-state index is 12.9. The van der Waals surface area contributed by atoms with E-state index in [0.717, 1.165) is 68.6 Å². The SMILES string of the molecule is CCCCC/C=C\C/C=C\C/C=C\CC(O)C(O)CCCC(=O)OC[C@H](COP(=O)(O)OP(=O)(O)OC[C@H]1O[C@@H](n2ccc(N)nc2=O)[C@H](O)[C@@H]1O)OC(=O)CCCCCCC/C=C\C/C=C\CCCCC. The minimum atomic E-state index is -5.49. The van der Waals surface area contributed by atoms with Crippen molar-refractivity contribution >= 4 is 33.4 Å². The molecule has 20 nitrogen and oxygen atoms in total. The molecule has 0 radical (unpaired) electrons. The van der Waals surface area contributed by atoms with Crippen molar-refractivity contribution in [1.82, 2.24) is 9.55 Å². The van der Waals surface area contributed by atoms with Gasteiger partial charge in [0.05, 0.1) is 25.4 Å². The molecule has 0 bridgehead atoms.